The Hall–Kier alpha value is -1.29. The lowest BCUT2D eigenvalue weighted by atomic mass is 10.3. The number of rotatable bonds is 2. The van der Waals surface area contributed by atoms with E-state index < -0.39 is 0 Å². The van der Waals surface area contributed by atoms with Gasteiger partial charge in [-0.1, -0.05) is 0 Å². The molecule has 1 aromatic rings. The molecule has 2 fully saturated rings. The van der Waals surface area contributed by atoms with Crippen molar-refractivity contribution in [2.24, 2.45) is 0 Å². The lowest BCUT2D eigenvalue weighted by Gasteiger charge is -2.34. The molecule has 0 N–H and O–H groups in total. The molecule has 3 rings (SSSR count). The van der Waals surface area contributed by atoms with Crippen molar-refractivity contribution in [1.82, 2.24) is 9.88 Å². The number of likely N-dealkylation sites (N-methyl/N-ethyl adjacent to an activating group) is 1. The summed E-state index contributed by atoms with van der Waals surface area (Å²) in [6, 6.07) is 4.41. The fourth-order valence-electron chi connectivity index (χ4n) is 2.76. The highest BCUT2D eigenvalue weighted by atomic mass is 15.3. The third-order valence-corrected chi connectivity index (χ3v) is 4.03. The van der Waals surface area contributed by atoms with Crippen LogP contribution in [0.3, 0.4) is 0 Å². The van der Waals surface area contributed by atoms with Crippen molar-refractivity contribution in [3.05, 3.63) is 18.3 Å². The molecule has 4 nitrogen and oxygen atoms in total. The molecule has 2 aliphatic heterocycles. The molecule has 0 saturated carbocycles. The Balaban J connectivity index is 1.67. The van der Waals surface area contributed by atoms with Gasteiger partial charge >= 0.3 is 0 Å². The average Bonchev–Trinajstić information content (AvgIpc) is 2.94. The van der Waals surface area contributed by atoms with Crippen LogP contribution in [0.25, 0.3) is 0 Å². The van der Waals surface area contributed by atoms with Crippen molar-refractivity contribution in [1.29, 1.82) is 0 Å². The van der Waals surface area contributed by atoms with Crippen molar-refractivity contribution in [2.75, 3.05) is 56.1 Å². The predicted molar refractivity (Wildman–Crippen MR) is 75.4 cm³/mol. The molecule has 0 spiro atoms. The predicted octanol–water partition coefficient (Wildman–Crippen LogP) is 1.43. The van der Waals surface area contributed by atoms with Gasteiger partial charge in [0.1, 0.15) is 5.82 Å². The molecule has 0 radical (unpaired) electrons. The number of aromatic nitrogens is 1. The minimum atomic E-state index is 1.11. The number of nitrogens with zero attached hydrogens (tertiary/aromatic N) is 4. The van der Waals surface area contributed by atoms with Crippen molar-refractivity contribution < 1.29 is 0 Å². The van der Waals surface area contributed by atoms with E-state index in [9.17, 15) is 0 Å². The quantitative estimate of drug-likeness (QED) is 0.787. The van der Waals surface area contributed by atoms with Crippen LogP contribution in [0.5, 0.6) is 0 Å². The molecule has 0 aromatic carbocycles. The Morgan fingerprint density at radius 2 is 1.61 bits per heavy atom. The summed E-state index contributed by atoms with van der Waals surface area (Å²) in [4.78, 5) is 11.8. The third-order valence-electron chi connectivity index (χ3n) is 4.03. The van der Waals surface area contributed by atoms with E-state index in [-0.39, 0.29) is 0 Å². The molecule has 0 aliphatic carbocycles. The Morgan fingerprint density at radius 1 is 0.889 bits per heavy atom. The summed E-state index contributed by atoms with van der Waals surface area (Å²) in [5.41, 5.74) is 1.27. The summed E-state index contributed by atoms with van der Waals surface area (Å²) in [6.45, 7) is 6.85. The number of piperazine rings is 1. The fourth-order valence-corrected chi connectivity index (χ4v) is 2.76. The monoisotopic (exact) mass is 246 g/mol. The van der Waals surface area contributed by atoms with Crippen LogP contribution < -0.4 is 9.80 Å². The van der Waals surface area contributed by atoms with Crippen molar-refractivity contribution >= 4 is 11.5 Å². The first-order valence-electron chi connectivity index (χ1n) is 6.97. The van der Waals surface area contributed by atoms with E-state index in [1.165, 1.54) is 31.6 Å². The minimum Gasteiger partial charge on any atom is -0.368 e. The maximum Gasteiger partial charge on any atom is 0.128 e. The molecule has 2 saturated heterocycles. The SMILES string of the molecule is CN1CCN(c2ccc(N3CCCC3)nc2)CC1. The van der Waals surface area contributed by atoms with Gasteiger partial charge in [-0.15, -0.1) is 0 Å². The number of hydrogen-bond donors (Lipinski definition) is 0. The van der Waals surface area contributed by atoms with E-state index in [1.54, 1.807) is 0 Å². The molecule has 1 aromatic heterocycles. The average molecular weight is 246 g/mol. The van der Waals surface area contributed by atoms with Crippen LogP contribution in [0.4, 0.5) is 11.5 Å². The lowest BCUT2D eigenvalue weighted by Crippen LogP contribution is -2.44. The second kappa shape index (κ2) is 5.14. The Kier molecular flexibility index (Phi) is 3.37. The zero-order chi connectivity index (χ0) is 12.4. The van der Waals surface area contributed by atoms with Gasteiger partial charge in [-0.3, -0.25) is 0 Å². The summed E-state index contributed by atoms with van der Waals surface area (Å²) in [5, 5.41) is 0. The summed E-state index contributed by atoms with van der Waals surface area (Å²) in [6.07, 6.45) is 4.66. The van der Waals surface area contributed by atoms with E-state index in [0.29, 0.717) is 0 Å². The van der Waals surface area contributed by atoms with E-state index in [2.05, 4.69) is 38.9 Å². The molecular formula is C14H22N4. The molecular weight excluding hydrogens is 224 g/mol. The molecule has 0 unspecified atom stereocenters. The highest BCUT2D eigenvalue weighted by Crippen LogP contribution is 2.21. The number of hydrogen-bond acceptors (Lipinski definition) is 4. The van der Waals surface area contributed by atoms with Gasteiger partial charge in [-0.2, -0.15) is 0 Å². The van der Waals surface area contributed by atoms with Gasteiger partial charge in [0.15, 0.2) is 0 Å². The maximum atomic E-state index is 4.63. The molecule has 0 bridgehead atoms. The zero-order valence-corrected chi connectivity index (χ0v) is 11.2. The van der Waals surface area contributed by atoms with Gasteiger partial charge in [0.05, 0.1) is 11.9 Å². The van der Waals surface area contributed by atoms with Crippen LogP contribution in [0.2, 0.25) is 0 Å². The Labute approximate surface area is 109 Å². The van der Waals surface area contributed by atoms with Crippen LogP contribution in [-0.2, 0) is 0 Å². The Morgan fingerprint density at radius 3 is 2.22 bits per heavy atom. The fraction of sp³-hybridized carbons (Fsp3) is 0.643. The second-order valence-electron chi connectivity index (χ2n) is 5.36. The smallest absolute Gasteiger partial charge is 0.128 e. The van der Waals surface area contributed by atoms with Gasteiger partial charge in [0.2, 0.25) is 0 Å². The zero-order valence-electron chi connectivity index (χ0n) is 11.2. The van der Waals surface area contributed by atoms with Crippen LogP contribution in [0, 0.1) is 0 Å². The first-order chi connectivity index (χ1) is 8.83. The highest BCUT2D eigenvalue weighted by molar-refractivity contribution is 5.51. The normalized spacial score (nSPS) is 21.6. The van der Waals surface area contributed by atoms with Crippen molar-refractivity contribution in [3.8, 4) is 0 Å². The summed E-state index contributed by atoms with van der Waals surface area (Å²) in [7, 11) is 2.19. The molecule has 4 heteroatoms. The molecule has 3 heterocycles. The van der Waals surface area contributed by atoms with E-state index in [1.807, 2.05) is 6.20 Å². The molecule has 0 amide bonds. The van der Waals surface area contributed by atoms with E-state index in [0.717, 1.165) is 32.0 Å². The first kappa shape index (κ1) is 11.8. The topological polar surface area (TPSA) is 22.6 Å². The van der Waals surface area contributed by atoms with Crippen molar-refractivity contribution in [3.63, 3.8) is 0 Å². The van der Waals surface area contributed by atoms with Crippen LogP contribution in [0.1, 0.15) is 12.8 Å². The maximum absolute atomic E-state index is 4.63. The summed E-state index contributed by atoms with van der Waals surface area (Å²) >= 11 is 0. The minimum absolute atomic E-state index is 1.11. The van der Waals surface area contributed by atoms with Gasteiger partial charge in [0, 0.05) is 39.3 Å². The van der Waals surface area contributed by atoms with Gasteiger partial charge in [-0.05, 0) is 32.0 Å². The number of pyridine rings is 1. The van der Waals surface area contributed by atoms with E-state index >= 15 is 0 Å². The van der Waals surface area contributed by atoms with Crippen molar-refractivity contribution in [2.45, 2.75) is 12.8 Å². The van der Waals surface area contributed by atoms with Gasteiger partial charge in [-0.25, -0.2) is 4.98 Å². The van der Waals surface area contributed by atoms with Crippen LogP contribution in [-0.4, -0.2) is 56.2 Å². The second-order valence-corrected chi connectivity index (χ2v) is 5.36. The first-order valence-corrected chi connectivity index (χ1v) is 6.97. The van der Waals surface area contributed by atoms with Gasteiger partial charge < -0.3 is 14.7 Å². The molecule has 2 aliphatic rings. The largest absolute Gasteiger partial charge is 0.368 e. The number of anilines is 2. The van der Waals surface area contributed by atoms with Gasteiger partial charge in [0.25, 0.3) is 0 Å². The lowest BCUT2D eigenvalue weighted by molar-refractivity contribution is 0.313. The summed E-state index contributed by atoms with van der Waals surface area (Å²) < 4.78 is 0. The Bertz CT molecular complexity index is 375. The molecule has 0 atom stereocenters. The standard InChI is InChI=1S/C14H22N4/c1-16-8-10-17(11-9-16)13-4-5-14(15-12-13)18-6-2-3-7-18/h4-5,12H,2-3,6-11H2,1H3. The van der Waals surface area contributed by atoms with E-state index in [4.69, 9.17) is 0 Å². The molecule has 18 heavy (non-hydrogen) atoms. The highest BCUT2D eigenvalue weighted by Gasteiger charge is 2.16. The third kappa shape index (κ3) is 2.43. The summed E-state index contributed by atoms with van der Waals surface area (Å²) in [5.74, 6) is 1.14. The molecule has 98 valence electrons. The van der Waals surface area contributed by atoms with Crippen LogP contribution >= 0.6 is 0 Å². The van der Waals surface area contributed by atoms with Crippen LogP contribution in [0.15, 0.2) is 18.3 Å².